The van der Waals surface area contributed by atoms with Crippen molar-refractivity contribution < 1.29 is 4.39 Å². The van der Waals surface area contributed by atoms with Crippen molar-refractivity contribution >= 4 is 38.6 Å². The van der Waals surface area contributed by atoms with E-state index in [0.717, 1.165) is 15.8 Å². The number of aryl methyl sites for hydroxylation is 1. The van der Waals surface area contributed by atoms with E-state index in [4.69, 9.17) is 5.73 Å². The Hall–Kier alpha value is -2.14. The summed E-state index contributed by atoms with van der Waals surface area (Å²) in [6.07, 6.45) is 0. The molecule has 0 spiro atoms. The van der Waals surface area contributed by atoms with Gasteiger partial charge in [-0.25, -0.2) is 9.37 Å². The molecule has 0 bridgehead atoms. The third kappa shape index (κ3) is 2.13. The molecule has 0 aliphatic heterocycles. The predicted molar refractivity (Wildman–Crippen MR) is 78.5 cm³/mol. The van der Waals surface area contributed by atoms with Gasteiger partial charge in [0.15, 0.2) is 0 Å². The summed E-state index contributed by atoms with van der Waals surface area (Å²) in [6, 6.07) is 8.69. The molecule has 1 heterocycles. The van der Waals surface area contributed by atoms with Gasteiger partial charge in [-0.2, -0.15) is 0 Å². The SMILES string of the molecule is Cc1ccc(F)c(Nc2ccc3scnc3c2N)c1. The molecule has 3 nitrogen and oxygen atoms in total. The van der Waals surface area contributed by atoms with Gasteiger partial charge in [0.2, 0.25) is 0 Å². The van der Waals surface area contributed by atoms with Crippen LogP contribution in [0.1, 0.15) is 5.56 Å². The summed E-state index contributed by atoms with van der Waals surface area (Å²) in [6.45, 7) is 1.91. The average molecular weight is 273 g/mol. The number of hydrogen-bond donors (Lipinski definition) is 2. The summed E-state index contributed by atoms with van der Waals surface area (Å²) in [5.74, 6) is -0.302. The fourth-order valence-electron chi connectivity index (χ4n) is 1.94. The zero-order valence-electron chi connectivity index (χ0n) is 10.3. The van der Waals surface area contributed by atoms with E-state index in [0.29, 0.717) is 17.1 Å². The van der Waals surface area contributed by atoms with Crippen LogP contribution in [0, 0.1) is 12.7 Å². The number of benzene rings is 2. The van der Waals surface area contributed by atoms with Gasteiger partial charge in [-0.15, -0.1) is 11.3 Å². The third-order valence-electron chi connectivity index (χ3n) is 2.93. The fraction of sp³-hybridized carbons (Fsp3) is 0.0714. The van der Waals surface area contributed by atoms with Crippen LogP contribution < -0.4 is 11.1 Å². The zero-order chi connectivity index (χ0) is 13.4. The molecule has 3 N–H and O–H groups in total. The molecule has 0 atom stereocenters. The summed E-state index contributed by atoms with van der Waals surface area (Å²) in [4.78, 5) is 4.22. The number of nitrogens with zero attached hydrogens (tertiary/aromatic N) is 1. The minimum atomic E-state index is -0.302. The van der Waals surface area contributed by atoms with Crippen molar-refractivity contribution in [3.8, 4) is 0 Å². The van der Waals surface area contributed by atoms with Gasteiger partial charge in [0.1, 0.15) is 11.3 Å². The highest BCUT2D eigenvalue weighted by molar-refractivity contribution is 7.16. The summed E-state index contributed by atoms with van der Waals surface area (Å²) in [5, 5.41) is 3.03. The Morgan fingerprint density at radius 1 is 1.21 bits per heavy atom. The number of rotatable bonds is 2. The molecular weight excluding hydrogens is 261 g/mol. The van der Waals surface area contributed by atoms with Crippen molar-refractivity contribution in [3.63, 3.8) is 0 Å². The molecule has 5 heteroatoms. The molecule has 0 radical (unpaired) electrons. The zero-order valence-corrected chi connectivity index (χ0v) is 11.1. The second-order valence-corrected chi connectivity index (χ2v) is 5.22. The molecule has 96 valence electrons. The largest absolute Gasteiger partial charge is 0.395 e. The number of nitrogens with one attached hydrogen (secondary N) is 1. The lowest BCUT2D eigenvalue weighted by molar-refractivity contribution is 0.631. The summed E-state index contributed by atoms with van der Waals surface area (Å²) in [7, 11) is 0. The molecule has 0 saturated carbocycles. The number of hydrogen-bond acceptors (Lipinski definition) is 4. The first-order chi connectivity index (χ1) is 9.15. The smallest absolute Gasteiger partial charge is 0.146 e. The Labute approximate surface area is 113 Å². The second kappa shape index (κ2) is 4.51. The van der Waals surface area contributed by atoms with E-state index in [-0.39, 0.29) is 5.82 Å². The van der Waals surface area contributed by atoms with Gasteiger partial charge >= 0.3 is 0 Å². The van der Waals surface area contributed by atoms with Crippen molar-refractivity contribution in [1.82, 2.24) is 4.98 Å². The van der Waals surface area contributed by atoms with Gasteiger partial charge in [-0.05, 0) is 36.8 Å². The normalized spacial score (nSPS) is 10.8. The van der Waals surface area contributed by atoms with Crippen molar-refractivity contribution in [2.75, 3.05) is 11.1 Å². The third-order valence-corrected chi connectivity index (χ3v) is 3.73. The van der Waals surface area contributed by atoms with Crippen LogP contribution in [0.25, 0.3) is 10.2 Å². The Balaban J connectivity index is 2.05. The lowest BCUT2D eigenvalue weighted by atomic mass is 10.2. The molecule has 0 saturated heterocycles. The van der Waals surface area contributed by atoms with E-state index in [1.165, 1.54) is 17.4 Å². The quantitative estimate of drug-likeness (QED) is 0.692. The molecule has 3 rings (SSSR count). The van der Waals surface area contributed by atoms with Crippen LogP contribution in [-0.4, -0.2) is 4.98 Å². The van der Waals surface area contributed by atoms with Crippen LogP contribution in [0.3, 0.4) is 0 Å². The van der Waals surface area contributed by atoms with E-state index in [9.17, 15) is 4.39 Å². The first-order valence-electron chi connectivity index (χ1n) is 5.80. The van der Waals surface area contributed by atoms with E-state index in [1.807, 2.05) is 19.1 Å². The van der Waals surface area contributed by atoms with Crippen LogP contribution in [0.15, 0.2) is 35.8 Å². The molecule has 0 aliphatic carbocycles. The number of nitrogen functional groups attached to an aromatic ring is 1. The summed E-state index contributed by atoms with van der Waals surface area (Å²) in [5.41, 5.74) is 11.2. The highest BCUT2D eigenvalue weighted by atomic mass is 32.1. The van der Waals surface area contributed by atoms with Gasteiger partial charge in [0.05, 0.1) is 27.3 Å². The molecular formula is C14H12FN3S. The Morgan fingerprint density at radius 2 is 2.05 bits per heavy atom. The second-order valence-electron chi connectivity index (χ2n) is 4.33. The highest BCUT2D eigenvalue weighted by Gasteiger charge is 2.09. The maximum atomic E-state index is 13.7. The van der Waals surface area contributed by atoms with Crippen molar-refractivity contribution in [1.29, 1.82) is 0 Å². The van der Waals surface area contributed by atoms with Gasteiger partial charge in [0.25, 0.3) is 0 Å². The number of nitrogens with two attached hydrogens (primary N) is 1. The lowest BCUT2D eigenvalue weighted by Gasteiger charge is -2.11. The average Bonchev–Trinajstić information content (AvgIpc) is 2.86. The molecule has 0 unspecified atom stereocenters. The van der Waals surface area contributed by atoms with Gasteiger partial charge in [0, 0.05) is 0 Å². The molecule has 19 heavy (non-hydrogen) atoms. The Bertz CT molecular complexity index is 752. The molecule has 1 aromatic heterocycles. The fourth-order valence-corrected chi connectivity index (χ4v) is 2.63. The standard InChI is InChI=1S/C14H12FN3S/c1-8-2-3-9(15)11(6-8)18-10-4-5-12-14(13(10)16)17-7-19-12/h2-7,18H,16H2,1H3. The topological polar surface area (TPSA) is 50.9 Å². The molecule has 0 fully saturated rings. The highest BCUT2D eigenvalue weighted by Crippen LogP contribution is 2.32. The molecule has 0 aliphatic rings. The van der Waals surface area contributed by atoms with Crippen LogP contribution in [-0.2, 0) is 0 Å². The summed E-state index contributed by atoms with van der Waals surface area (Å²) >= 11 is 1.53. The van der Waals surface area contributed by atoms with Crippen molar-refractivity contribution in [3.05, 3.63) is 47.2 Å². The van der Waals surface area contributed by atoms with Crippen LogP contribution >= 0.6 is 11.3 Å². The van der Waals surface area contributed by atoms with Crippen molar-refractivity contribution in [2.45, 2.75) is 6.92 Å². The number of aromatic nitrogens is 1. The van der Waals surface area contributed by atoms with E-state index < -0.39 is 0 Å². The minimum Gasteiger partial charge on any atom is -0.395 e. The maximum absolute atomic E-state index is 13.7. The van der Waals surface area contributed by atoms with Gasteiger partial charge < -0.3 is 11.1 Å². The van der Waals surface area contributed by atoms with Crippen LogP contribution in [0.5, 0.6) is 0 Å². The first kappa shape index (κ1) is 11.9. The first-order valence-corrected chi connectivity index (χ1v) is 6.68. The lowest BCUT2D eigenvalue weighted by Crippen LogP contribution is -1.99. The van der Waals surface area contributed by atoms with Crippen LogP contribution in [0.4, 0.5) is 21.5 Å². The monoisotopic (exact) mass is 273 g/mol. The minimum absolute atomic E-state index is 0.302. The number of fused-ring (bicyclic) bond motifs is 1. The Kier molecular flexibility index (Phi) is 2.83. The van der Waals surface area contributed by atoms with E-state index >= 15 is 0 Å². The van der Waals surface area contributed by atoms with Gasteiger partial charge in [-0.1, -0.05) is 6.07 Å². The number of halogens is 1. The van der Waals surface area contributed by atoms with Crippen molar-refractivity contribution in [2.24, 2.45) is 0 Å². The number of thiazole rings is 1. The maximum Gasteiger partial charge on any atom is 0.146 e. The molecule has 3 aromatic rings. The van der Waals surface area contributed by atoms with Gasteiger partial charge in [-0.3, -0.25) is 0 Å². The van der Waals surface area contributed by atoms with Crippen LogP contribution in [0.2, 0.25) is 0 Å². The predicted octanol–water partition coefficient (Wildman–Crippen LogP) is 4.07. The summed E-state index contributed by atoms with van der Waals surface area (Å²) < 4.78 is 14.7. The molecule has 0 amide bonds. The van der Waals surface area contributed by atoms with E-state index in [1.54, 1.807) is 17.6 Å². The van der Waals surface area contributed by atoms with E-state index in [2.05, 4.69) is 10.3 Å². The number of anilines is 3. The molecule has 2 aromatic carbocycles. The Morgan fingerprint density at radius 3 is 2.89 bits per heavy atom.